The van der Waals surface area contributed by atoms with Gasteiger partial charge >= 0.3 is 18.2 Å². The standard InChI is InChI=1S/C22H25F3N2O4/c1-4-26-21(30)27(5-2)13-15-12-16(22(23,24)25)7-8-17(15)18-10-14(11-20(28)29)6-9-19(18)31-3/h6-10,12H,4-5,11,13H2,1-3H3,(H,26,30)(H,28,29). The van der Waals surface area contributed by atoms with Gasteiger partial charge in [-0.1, -0.05) is 12.1 Å². The molecule has 0 radical (unpaired) electrons. The largest absolute Gasteiger partial charge is 0.496 e. The molecule has 0 heterocycles. The first kappa shape index (κ1) is 24.0. The summed E-state index contributed by atoms with van der Waals surface area (Å²) in [5.74, 6) is -0.645. The molecule has 168 valence electrons. The molecular weight excluding hydrogens is 413 g/mol. The first-order valence-electron chi connectivity index (χ1n) is 9.72. The second-order valence-corrected chi connectivity index (χ2v) is 6.82. The molecule has 9 heteroatoms. The summed E-state index contributed by atoms with van der Waals surface area (Å²) in [5.41, 5.74) is 0.801. The fourth-order valence-electron chi connectivity index (χ4n) is 3.21. The zero-order valence-electron chi connectivity index (χ0n) is 17.5. The molecular formula is C22H25F3N2O4. The smallest absolute Gasteiger partial charge is 0.416 e. The molecule has 0 saturated heterocycles. The number of carbonyl (C=O) groups is 2. The molecule has 2 aromatic rings. The number of aliphatic carboxylic acids is 1. The molecule has 6 nitrogen and oxygen atoms in total. The van der Waals surface area contributed by atoms with Crippen LogP contribution in [0.15, 0.2) is 36.4 Å². The van der Waals surface area contributed by atoms with Crippen molar-refractivity contribution in [2.75, 3.05) is 20.2 Å². The zero-order chi connectivity index (χ0) is 23.2. The predicted molar refractivity (Wildman–Crippen MR) is 110 cm³/mol. The number of carboxylic acid groups (broad SMARTS) is 1. The van der Waals surface area contributed by atoms with Crippen LogP contribution in [0.25, 0.3) is 11.1 Å². The molecule has 0 aliphatic carbocycles. The van der Waals surface area contributed by atoms with Crippen molar-refractivity contribution < 1.29 is 32.6 Å². The first-order chi connectivity index (χ1) is 14.6. The van der Waals surface area contributed by atoms with E-state index in [2.05, 4.69) is 5.32 Å². The number of rotatable bonds is 8. The third kappa shape index (κ3) is 6.13. The van der Waals surface area contributed by atoms with Crippen molar-refractivity contribution in [3.8, 4) is 16.9 Å². The summed E-state index contributed by atoms with van der Waals surface area (Å²) in [6, 6.07) is 7.67. The Hall–Kier alpha value is -3.23. The SMILES string of the molecule is CCNC(=O)N(CC)Cc1cc(C(F)(F)F)ccc1-c1cc(CC(=O)O)ccc1OC. The van der Waals surface area contributed by atoms with Crippen LogP contribution in [0.5, 0.6) is 5.75 Å². The highest BCUT2D eigenvalue weighted by molar-refractivity contribution is 5.78. The quantitative estimate of drug-likeness (QED) is 0.633. The summed E-state index contributed by atoms with van der Waals surface area (Å²) in [6.07, 6.45) is -4.79. The average Bonchev–Trinajstić information content (AvgIpc) is 2.70. The van der Waals surface area contributed by atoms with Crippen LogP contribution < -0.4 is 10.1 Å². The van der Waals surface area contributed by atoms with E-state index in [0.29, 0.717) is 29.0 Å². The number of hydrogen-bond acceptors (Lipinski definition) is 3. The molecule has 2 amide bonds. The monoisotopic (exact) mass is 438 g/mol. The van der Waals surface area contributed by atoms with Gasteiger partial charge in [0.05, 0.1) is 19.1 Å². The second-order valence-electron chi connectivity index (χ2n) is 6.82. The fraction of sp³-hybridized carbons (Fsp3) is 0.364. The Morgan fingerprint density at radius 1 is 1.10 bits per heavy atom. The van der Waals surface area contributed by atoms with Gasteiger partial charge in [-0.2, -0.15) is 13.2 Å². The van der Waals surface area contributed by atoms with Crippen molar-refractivity contribution in [3.63, 3.8) is 0 Å². The lowest BCUT2D eigenvalue weighted by Crippen LogP contribution is -2.39. The summed E-state index contributed by atoms with van der Waals surface area (Å²) in [4.78, 5) is 24.8. The van der Waals surface area contributed by atoms with E-state index in [-0.39, 0.29) is 31.1 Å². The van der Waals surface area contributed by atoms with Crippen LogP contribution in [-0.2, 0) is 23.9 Å². The maximum atomic E-state index is 13.4. The van der Waals surface area contributed by atoms with Gasteiger partial charge in [-0.25, -0.2) is 4.79 Å². The van der Waals surface area contributed by atoms with Crippen LogP contribution in [0, 0.1) is 0 Å². The molecule has 0 atom stereocenters. The summed E-state index contributed by atoms with van der Waals surface area (Å²) in [6.45, 7) is 4.10. The third-order valence-corrected chi connectivity index (χ3v) is 4.70. The minimum absolute atomic E-state index is 0.0616. The van der Waals surface area contributed by atoms with Crippen LogP contribution in [0.2, 0.25) is 0 Å². The van der Waals surface area contributed by atoms with Gasteiger partial charge in [0, 0.05) is 25.2 Å². The van der Waals surface area contributed by atoms with E-state index >= 15 is 0 Å². The normalized spacial score (nSPS) is 11.2. The molecule has 0 bridgehead atoms. The van der Waals surface area contributed by atoms with Gasteiger partial charge in [-0.15, -0.1) is 0 Å². The van der Waals surface area contributed by atoms with Gasteiger partial charge in [0.2, 0.25) is 0 Å². The predicted octanol–water partition coefficient (Wildman–Crippen LogP) is 4.56. The summed E-state index contributed by atoms with van der Waals surface area (Å²) < 4.78 is 45.5. The van der Waals surface area contributed by atoms with Crippen molar-refractivity contribution in [3.05, 3.63) is 53.1 Å². The van der Waals surface area contributed by atoms with Gasteiger partial charge in [0.15, 0.2) is 0 Å². The van der Waals surface area contributed by atoms with Crippen LogP contribution in [0.3, 0.4) is 0 Å². The van der Waals surface area contributed by atoms with Crippen LogP contribution >= 0.6 is 0 Å². The molecule has 2 aromatic carbocycles. The number of urea groups is 1. The summed E-state index contributed by atoms with van der Waals surface area (Å²) in [5, 5.41) is 11.7. The van der Waals surface area contributed by atoms with Crippen molar-refractivity contribution in [1.29, 1.82) is 0 Å². The number of halogens is 3. The molecule has 0 aliphatic heterocycles. The third-order valence-electron chi connectivity index (χ3n) is 4.70. The number of carbonyl (C=O) groups excluding carboxylic acids is 1. The van der Waals surface area contributed by atoms with E-state index in [1.807, 2.05) is 0 Å². The van der Waals surface area contributed by atoms with Gasteiger partial charge in [0.25, 0.3) is 0 Å². The number of amides is 2. The highest BCUT2D eigenvalue weighted by Crippen LogP contribution is 2.38. The van der Waals surface area contributed by atoms with Crippen LogP contribution in [0.4, 0.5) is 18.0 Å². The Morgan fingerprint density at radius 3 is 2.35 bits per heavy atom. The molecule has 0 aromatic heterocycles. The number of carboxylic acids is 1. The van der Waals surface area contributed by atoms with Crippen LogP contribution in [-0.4, -0.2) is 42.2 Å². The zero-order valence-corrected chi connectivity index (χ0v) is 17.5. The maximum absolute atomic E-state index is 13.4. The lowest BCUT2D eigenvalue weighted by Gasteiger charge is -2.24. The Balaban J connectivity index is 2.64. The van der Waals surface area contributed by atoms with E-state index in [0.717, 1.165) is 12.1 Å². The number of hydrogen-bond donors (Lipinski definition) is 2. The molecule has 0 fully saturated rings. The van der Waals surface area contributed by atoms with Crippen molar-refractivity contribution in [2.24, 2.45) is 0 Å². The number of nitrogens with zero attached hydrogens (tertiary/aromatic N) is 1. The highest BCUT2D eigenvalue weighted by Gasteiger charge is 2.31. The van der Waals surface area contributed by atoms with Gasteiger partial charge in [-0.3, -0.25) is 4.79 Å². The lowest BCUT2D eigenvalue weighted by molar-refractivity contribution is -0.138. The van der Waals surface area contributed by atoms with E-state index in [4.69, 9.17) is 9.84 Å². The Kier molecular flexibility index (Phi) is 7.90. The van der Waals surface area contributed by atoms with Crippen LogP contribution in [0.1, 0.15) is 30.5 Å². The lowest BCUT2D eigenvalue weighted by atomic mass is 9.94. The number of alkyl halides is 3. The van der Waals surface area contributed by atoms with Crippen molar-refractivity contribution in [1.82, 2.24) is 10.2 Å². The highest BCUT2D eigenvalue weighted by atomic mass is 19.4. The van der Waals surface area contributed by atoms with E-state index in [9.17, 15) is 22.8 Å². The summed E-state index contributed by atoms with van der Waals surface area (Å²) >= 11 is 0. The fourth-order valence-corrected chi connectivity index (χ4v) is 3.21. The Morgan fingerprint density at radius 2 is 1.81 bits per heavy atom. The Bertz CT molecular complexity index is 945. The topological polar surface area (TPSA) is 78.9 Å². The number of benzene rings is 2. The molecule has 0 unspecified atom stereocenters. The molecule has 31 heavy (non-hydrogen) atoms. The first-order valence-corrected chi connectivity index (χ1v) is 9.72. The van der Waals surface area contributed by atoms with E-state index in [1.165, 1.54) is 18.1 Å². The molecule has 0 saturated carbocycles. The molecule has 2 rings (SSSR count). The molecule has 2 N–H and O–H groups in total. The minimum atomic E-state index is -4.55. The maximum Gasteiger partial charge on any atom is 0.416 e. The minimum Gasteiger partial charge on any atom is -0.496 e. The van der Waals surface area contributed by atoms with Gasteiger partial charge < -0.3 is 20.1 Å². The van der Waals surface area contributed by atoms with Gasteiger partial charge in [-0.05, 0) is 54.8 Å². The second kappa shape index (κ2) is 10.2. The molecule has 0 aliphatic rings. The Labute approximate surface area is 178 Å². The van der Waals surface area contributed by atoms with Gasteiger partial charge in [0.1, 0.15) is 5.75 Å². The van der Waals surface area contributed by atoms with E-state index in [1.54, 1.807) is 32.0 Å². The number of nitrogens with one attached hydrogen (secondary N) is 1. The van der Waals surface area contributed by atoms with Crippen molar-refractivity contribution in [2.45, 2.75) is 33.0 Å². The number of ether oxygens (including phenoxy) is 1. The number of methoxy groups -OCH3 is 1. The van der Waals surface area contributed by atoms with Crippen molar-refractivity contribution >= 4 is 12.0 Å². The average molecular weight is 438 g/mol. The molecule has 0 spiro atoms. The van der Waals surface area contributed by atoms with E-state index < -0.39 is 17.7 Å². The summed E-state index contributed by atoms with van der Waals surface area (Å²) in [7, 11) is 1.42.